The van der Waals surface area contributed by atoms with E-state index in [1.54, 1.807) is 0 Å². The molecule has 1 aromatic heterocycles. The Labute approximate surface area is 121 Å². The number of aryl methyl sites for hydroxylation is 1. The Hall–Kier alpha value is -0.610. The van der Waals surface area contributed by atoms with Crippen molar-refractivity contribution in [2.75, 3.05) is 18.5 Å². The van der Waals surface area contributed by atoms with Crippen LogP contribution in [0.2, 0.25) is 0 Å². The average molecular weight is 281 g/mol. The largest absolute Gasteiger partial charge is 0.351 e. The molecule has 0 aliphatic heterocycles. The molecule has 1 aromatic rings. The molecule has 108 valence electrons. The van der Waals surface area contributed by atoms with Gasteiger partial charge in [0.05, 0.1) is 5.69 Å². The molecular formula is C15H27N3S. The normalized spacial score (nSPS) is 14.9. The van der Waals surface area contributed by atoms with Crippen LogP contribution >= 0.6 is 11.3 Å². The van der Waals surface area contributed by atoms with Gasteiger partial charge in [-0.25, -0.2) is 4.98 Å². The summed E-state index contributed by atoms with van der Waals surface area (Å²) in [6.07, 6.45) is 7.48. The summed E-state index contributed by atoms with van der Waals surface area (Å²) in [5.41, 5.74) is 1.32. The minimum atomic E-state index is 0.776. The van der Waals surface area contributed by atoms with E-state index in [1.165, 1.54) is 47.8 Å². The molecule has 1 aliphatic carbocycles. The smallest absolute Gasteiger partial charge is 0.185 e. The summed E-state index contributed by atoms with van der Waals surface area (Å²) in [6.45, 7) is 6.60. The first-order valence-corrected chi connectivity index (χ1v) is 8.49. The summed E-state index contributed by atoms with van der Waals surface area (Å²) in [5, 5.41) is 4.82. The molecule has 1 N–H and O–H groups in total. The first-order chi connectivity index (χ1) is 9.24. The van der Waals surface area contributed by atoms with Crippen LogP contribution in [-0.2, 0) is 13.0 Å². The van der Waals surface area contributed by atoms with Crippen molar-refractivity contribution in [1.82, 2.24) is 10.3 Å². The lowest BCUT2D eigenvalue weighted by atomic mass is 10.2. The summed E-state index contributed by atoms with van der Waals surface area (Å²) >= 11 is 1.88. The van der Waals surface area contributed by atoms with Gasteiger partial charge in [-0.1, -0.05) is 26.7 Å². The predicted molar refractivity (Wildman–Crippen MR) is 84.1 cm³/mol. The van der Waals surface area contributed by atoms with Gasteiger partial charge in [-0.05, 0) is 25.7 Å². The third kappa shape index (κ3) is 4.46. The van der Waals surface area contributed by atoms with E-state index in [4.69, 9.17) is 4.98 Å². The molecule has 0 saturated heterocycles. The second-order valence-electron chi connectivity index (χ2n) is 5.55. The Kier molecular flexibility index (Phi) is 5.64. The van der Waals surface area contributed by atoms with E-state index in [-0.39, 0.29) is 0 Å². The van der Waals surface area contributed by atoms with E-state index in [9.17, 15) is 0 Å². The maximum atomic E-state index is 4.86. The van der Waals surface area contributed by atoms with Gasteiger partial charge in [0.2, 0.25) is 0 Å². The number of unbranched alkanes of at least 4 members (excludes halogenated alkanes) is 1. The van der Waals surface area contributed by atoms with Crippen LogP contribution in [0.15, 0.2) is 0 Å². The highest BCUT2D eigenvalue weighted by Gasteiger charge is 2.21. The van der Waals surface area contributed by atoms with Gasteiger partial charge in [0.15, 0.2) is 5.13 Å². The molecule has 0 atom stereocenters. The van der Waals surface area contributed by atoms with Gasteiger partial charge in [-0.15, -0.1) is 11.3 Å². The van der Waals surface area contributed by atoms with Crippen LogP contribution in [0.4, 0.5) is 5.13 Å². The number of rotatable bonds is 9. The quantitative estimate of drug-likeness (QED) is 0.750. The Balaban J connectivity index is 1.99. The molecule has 3 nitrogen and oxygen atoms in total. The molecule has 0 spiro atoms. The van der Waals surface area contributed by atoms with Crippen LogP contribution in [0.1, 0.15) is 56.5 Å². The Morgan fingerprint density at radius 2 is 2.11 bits per heavy atom. The molecular weight excluding hydrogens is 254 g/mol. The topological polar surface area (TPSA) is 28.2 Å². The van der Waals surface area contributed by atoms with E-state index in [1.807, 2.05) is 11.3 Å². The highest BCUT2D eigenvalue weighted by Crippen LogP contribution is 2.28. The van der Waals surface area contributed by atoms with Crippen LogP contribution in [0.3, 0.4) is 0 Å². The fourth-order valence-electron chi connectivity index (χ4n) is 2.12. The molecule has 2 rings (SSSR count). The molecule has 4 heteroatoms. The van der Waals surface area contributed by atoms with Gasteiger partial charge < -0.3 is 10.2 Å². The molecule has 1 saturated carbocycles. The number of hydrogen-bond donors (Lipinski definition) is 1. The van der Waals surface area contributed by atoms with Gasteiger partial charge >= 0.3 is 0 Å². The lowest BCUT2D eigenvalue weighted by molar-refractivity contribution is 0.686. The molecule has 1 fully saturated rings. The van der Waals surface area contributed by atoms with Gasteiger partial charge in [-0.2, -0.15) is 0 Å². The van der Waals surface area contributed by atoms with Gasteiger partial charge in [0, 0.05) is 31.1 Å². The Morgan fingerprint density at radius 1 is 1.32 bits per heavy atom. The van der Waals surface area contributed by atoms with Crippen LogP contribution in [0, 0.1) is 0 Å². The second-order valence-corrected chi connectivity index (χ2v) is 6.61. The van der Waals surface area contributed by atoms with Gasteiger partial charge in [-0.3, -0.25) is 0 Å². The second kappa shape index (κ2) is 7.25. The number of hydrogen-bond acceptors (Lipinski definition) is 4. The van der Waals surface area contributed by atoms with Gasteiger partial charge in [0.25, 0.3) is 0 Å². The van der Waals surface area contributed by atoms with Crippen molar-refractivity contribution in [2.24, 2.45) is 0 Å². The zero-order valence-electron chi connectivity index (χ0n) is 12.5. The highest BCUT2D eigenvalue weighted by molar-refractivity contribution is 7.15. The molecule has 1 aliphatic rings. The lowest BCUT2D eigenvalue weighted by Gasteiger charge is -2.14. The van der Waals surface area contributed by atoms with Crippen molar-refractivity contribution in [2.45, 2.75) is 65.0 Å². The zero-order chi connectivity index (χ0) is 13.7. The zero-order valence-corrected chi connectivity index (χ0v) is 13.4. The molecule has 0 radical (unpaired) electrons. The van der Waals surface area contributed by atoms with E-state index >= 15 is 0 Å². The molecule has 19 heavy (non-hydrogen) atoms. The van der Waals surface area contributed by atoms with E-state index in [0.29, 0.717) is 0 Å². The summed E-state index contributed by atoms with van der Waals surface area (Å²) < 4.78 is 0. The number of aromatic nitrogens is 1. The fraction of sp³-hybridized carbons (Fsp3) is 0.800. The van der Waals surface area contributed by atoms with Crippen molar-refractivity contribution in [3.63, 3.8) is 0 Å². The van der Waals surface area contributed by atoms with E-state index in [2.05, 4.69) is 31.1 Å². The predicted octanol–water partition coefficient (Wildman–Crippen LogP) is 3.58. The minimum absolute atomic E-state index is 0.776. The SMILES string of the molecule is CCCCN(C)c1nc(CCC)c(CNC2CC2)s1. The van der Waals surface area contributed by atoms with Crippen LogP contribution in [0.5, 0.6) is 0 Å². The number of thiazole rings is 1. The maximum absolute atomic E-state index is 4.86. The molecule has 0 aromatic carbocycles. The van der Waals surface area contributed by atoms with Crippen molar-refractivity contribution in [3.8, 4) is 0 Å². The van der Waals surface area contributed by atoms with Gasteiger partial charge in [0.1, 0.15) is 0 Å². The third-order valence-electron chi connectivity index (χ3n) is 3.56. The standard InChI is InChI=1S/C15H27N3S/c1-4-6-10-18(3)15-17-13(7-5-2)14(19-15)11-16-12-8-9-12/h12,16H,4-11H2,1-3H3. The van der Waals surface area contributed by atoms with E-state index in [0.717, 1.165) is 25.6 Å². The number of nitrogens with zero attached hydrogens (tertiary/aromatic N) is 2. The van der Waals surface area contributed by atoms with Crippen molar-refractivity contribution in [1.29, 1.82) is 0 Å². The molecule has 0 bridgehead atoms. The Morgan fingerprint density at radius 3 is 2.74 bits per heavy atom. The molecule has 0 unspecified atom stereocenters. The van der Waals surface area contributed by atoms with Crippen molar-refractivity contribution < 1.29 is 0 Å². The first kappa shape index (κ1) is 14.8. The lowest BCUT2D eigenvalue weighted by Crippen LogP contribution is -2.17. The maximum Gasteiger partial charge on any atom is 0.185 e. The van der Waals surface area contributed by atoms with Crippen LogP contribution < -0.4 is 10.2 Å². The summed E-state index contributed by atoms with van der Waals surface area (Å²) in [5.74, 6) is 0. The first-order valence-electron chi connectivity index (χ1n) is 7.67. The summed E-state index contributed by atoms with van der Waals surface area (Å²) in [7, 11) is 2.17. The monoisotopic (exact) mass is 281 g/mol. The Bertz CT molecular complexity index is 385. The molecule has 0 amide bonds. The van der Waals surface area contributed by atoms with Crippen LogP contribution in [-0.4, -0.2) is 24.6 Å². The number of nitrogens with one attached hydrogen (secondary N) is 1. The summed E-state index contributed by atoms with van der Waals surface area (Å²) in [4.78, 5) is 8.62. The summed E-state index contributed by atoms with van der Waals surface area (Å²) in [6, 6.07) is 0.776. The minimum Gasteiger partial charge on any atom is -0.351 e. The number of anilines is 1. The van der Waals surface area contributed by atoms with Crippen molar-refractivity contribution >= 4 is 16.5 Å². The molecule has 1 heterocycles. The fourth-order valence-corrected chi connectivity index (χ4v) is 3.16. The third-order valence-corrected chi connectivity index (χ3v) is 4.77. The highest BCUT2D eigenvalue weighted by atomic mass is 32.1. The van der Waals surface area contributed by atoms with Crippen LogP contribution in [0.25, 0.3) is 0 Å². The van der Waals surface area contributed by atoms with Crippen molar-refractivity contribution in [3.05, 3.63) is 10.6 Å². The average Bonchev–Trinajstić information content (AvgIpc) is 3.15. The van der Waals surface area contributed by atoms with E-state index < -0.39 is 0 Å².